The van der Waals surface area contributed by atoms with Crippen LogP contribution in [0.4, 0.5) is 10.8 Å². The summed E-state index contributed by atoms with van der Waals surface area (Å²) in [6.45, 7) is 7.24. The standard InChI is InChI=1S/C23H24N6O2S/c1-15(2)21-17(14-25-29(21)20-5-3-4-8-24-20)22(30)26-16-6-7-18-19(13-16)32-23(27-18)28-9-11-31-12-10-28/h3-8,13-15H,9-12H2,1-2H3,(H,26,30). The number of hydrogen-bond acceptors (Lipinski definition) is 7. The lowest BCUT2D eigenvalue weighted by Gasteiger charge is -2.25. The van der Waals surface area contributed by atoms with E-state index in [1.54, 1.807) is 28.4 Å². The van der Waals surface area contributed by atoms with Crippen LogP contribution in [-0.4, -0.2) is 52.0 Å². The molecule has 4 aromatic rings. The van der Waals surface area contributed by atoms with Gasteiger partial charge in [-0.2, -0.15) is 5.10 Å². The van der Waals surface area contributed by atoms with E-state index in [0.717, 1.165) is 53.0 Å². The highest BCUT2D eigenvalue weighted by molar-refractivity contribution is 7.22. The van der Waals surface area contributed by atoms with Gasteiger partial charge < -0.3 is 15.0 Å². The molecule has 0 atom stereocenters. The number of hydrogen-bond donors (Lipinski definition) is 1. The molecule has 1 N–H and O–H groups in total. The maximum Gasteiger partial charge on any atom is 0.259 e. The molecule has 0 spiro atoms. The summed E-state index contributed by atoms with van der Waals surface area (Å²) in [7, 11) is 0. The van der Waals surface area contributed by atoms with Crippen molar-refractivity contribution in [2.75, 3.05) is 36.5 Å². The van der Waals surface area contributed by atoms with Gasteiger partial charge in [0.15, 0.2) is 10.9 Å². The Labute approximate surface area is 189 Å². The van der Waals surface area contributed by atoms with Crippen LogP contribution in [0, 0.1) is 0 Å². The summed E-state index contributed by atoms with van der Waals surface area (Å²) >= 11 is 1.63. The Hall–Kier alpha value is -3.30. The predicted octanol–water partition coefficient (Wildman–Crippen LogP) is 4.09. The summed E-state index contributed by atoms with van der Waals surface area (Å²) in [5.74, 6) is 0.602. The first-order valence-electron chi connectivity index (χ1n) is 10.6. The van der Waals surface area contributed by atoms with Crippen molar-refractivity contribution in [1.82, 2.24) is 19.7 Å². The molecular weight excluding hydrogens is 424 g/mol. The lowest BCUT2D eigenvalue weighted by Crippen LogP contribution is -2.36. The number of amides is 1. The molecule has 0 aliphatic carbocycles. The van der Waals surface area contributed by atoms with Gasteiger partial charge >= 0.3 is 0 Å². The van der Waals surface area contributed by atoms with Crippen LogP contribution in [0.25, 0.3) is 16.0 Å². The Bertz CT molecular complexity index is 1240. The third kappa shape index (κ3) is 3.96. The molecule has 0 bridgehead atoms. The molecule has 9 heteroatoms. The molecular formula is C23H24N6O2S. The monoisotopic (exact) mass is 448 g/mol. The minimum absolute atomic E-state index is 0.0975. The van der Waals surface area contributed by atoms with Gasteiger partial charge in [-0.15, -0.1) is 0 Å². The van der Waals surface area contributed by atoms with Gasteiger partial charge in [-0.1, -0.05) is 31.3 Å². The number of benzene rings is 1. The van der Waals surface area contributed by atoms with E-state index in [1.165, 1.54) is 0 Å². The van der Waals surface area contributed by atoms with Crippen molar-refractivity contribution in [1.29, 1.82) is 0 Å². The van der Waals surface area contributed by atoms with Crippen molar-refractivity contribution in [3.05, 3.63) is 60.0 Å². The van der Waals surface area contributed by atoms with Crippen molar-refractivity contribution in [2.24, 2.45) is 0 Å². The number of carbonyl (C=O) groups is 1. The SMILES string of the molecule is CC(C)c1c(C(=O)Nc2ccc3nc(N4CCOCC4)sc3c2)cnn1-c1ccccn1. The number of rotatable bonds is 5. The van der Waals surface area contributed by atoms with Gasteiger partial charge in [0.05, 0.1) is 40.9 Å². The number of nitrogens with zero attached hydrogens (tertiary/aromatic N) is 5. The minimum atomic E-state index is -0.187. The Morgan fingerprint density at radius 2 is 2.03 bits per heavy atom. The van der Waals surface area contributed by atoms with Crippen LogP contribution in [0.2, 0.25) is 0 Å². The number of pyridine rings is 1. The second-order valence-electron chi connectivity index (χ2n) is 7.93. The second kappa shape index (κ2) is 8.68. The fourth-order valence-electron chi connectivity index (χ4n) is 3.83. The number of thiazole rings is 1. The zero-order valence-corrected chi connectivity index (χ0v) is 18.8. The summed E-state index contributed by atoms with van der Waals surface area (Å²) in [6.07, 6.45) is 3.33. The summed E-state index contributed by atoms with van der Waals surface area (Å²) in [5, 5.41) is 8.47. The number of fused-ring (bicyclic) bond motifs is 1. The third-order valence-corrected chi connectivity index (χ3v) is 6.46. The molecule has 1 aliphatic heterocycles. The Kier molecular flexibility index (Phi) is 5.59. The summed E-state index contributed by atoms with van der Waals surface area (Å²) in [6, 6.07) is 11.5. The number of ether oxygens (including phenoxy) is 1. The molecule has 1 fully saturated rings. The molecule has 8 nitrogen and oxygen atoms in total. The van der Waals surface area contributed by atoms with E-state index in [1.807, 2.05) is 50.2 Å². The van der Waals surface area contributed by atoms with Crippen LogP contribution in [0.15, 0.2) is 48.8 Å². The maximum absolute atomic E-state index is 13.2. The molecule has 3 aromatic heterocycles. The molecule has 5 rings (SSSR count). The number of carbonyl (C=O) groups excluding carboxylic acids is 1. The predicted molar refractivity (Wildman–Crippen MR) is 126 cm³/mol. The first-order chi connectivity index (χ1) is 15.6. The van der Waals surface area contributed by atoms with Crippen LogP contribution in [0.1, 0.15) is 35.8 Å². The second-order valence-corrected chi connectivity index (χ2v) is 8.94. The van der Waals surface area contributed by atoms with E-state index in [9.17, 15) is 4.79 Å². The molecule has 0 radical (unpaired) electrons. The molecule has 1 aliphatic rings. The van der Waals surface area contributed by atoms with Crippen LogP contribution >= 0.6 is 11.3 Å². The van der Waals surface area contributed by atoms with Gasteiger partial charge in [0.2, 0.25) is 0 Å². The molecule has 1 aromatic carbocycles. The Balaban J connectivity index is 1.40. The van der Waals surface area contributed by atoms with Crippen LogP contribution < -0.4 is 10.2 Å². The van der Waals surface area contributed by atoms with E-state index in [0.29, 0.717) is 11.4 Å². The summed E-state index contributed by atoms with van der Waals surface area (Å²) < 4.78 is 8.21. The zero-order chi connectivity index (χ0) is 22.1. The summed E-state index contributed by atoms with van der Waals surface area (Å²) in [5.41, 5.74) is 3.04. The van der Waals surface area contributed by atoms with Crippen molar-refractivity contribution >= 4 is 38.3 Å². The number of nitrogens with one attached hydrogen (secondary N) is 1. The molecule has 32 heavy (non-hydrogen) atoms. The average molecular weight is 449 g/mol. The number of aromatic nitrogens is 4. The highest BCUT2D eigenvalue weighted by atomic mass is 32.1. The van der Waals surface area contributed by atoms with E-state index < -0.39 is 0 Å². The van der Waals surface area contributed by atoms with Gasteiger partial charge in [-0.3, -0.25) is 4.79 Å². The van der Waals surface area contributed by atoms with Crippen molar-refractivity contribution < 1.29 is 9.53 Å². The van der Waals surface area contributed by atoms with E-state index >= 15 is 0 Å². The minimum Gasteiger partial charge on any atom is -0.378 e. The van der Waals surface area contributed by atoms with Gasteiger partial charge in [-0.25, -0.2) is 14.6 Å². The van der Waals surface area contributed by atoms with Crippen LogP contribution in [0.3, 0.4) is 0 Å². The Morgan fingerprint density at radius 1 is 1.19 bits per heavy atom. The lowest BCUT2D eigenvalue weighted by atomic mass is 10.1. The normalized spacial score (nSPS) is 14.3. The fourth-order valence-corrected chi connectivity index (χ4v) is 4.89. The molecule has 0 unspecified atom stereocenters. The number of morpholine rings is 1. The number of anilines is 2. The molecule has 1 amide bonds. The fraction of sp³-hybridized carbons (Fsp3) is 0.304. The molecule has 4 heterocycles. The maximum atomic E-state index is 13.2. The highest BCUT2D eigenvalue weighted by Crippen LogP contribution is 2.31. The van der Waals surface area contributed by atoms with Crippen molar-refractivity contribution in [3.8, 4) is 5.82 Å². The first-order valence-corrected chi connectivity index (χ1v) is 11.5. The topological polar surface area (TPSA) is 85.2 Å². The van der Waals surface area contributed by atoms with Crippen LogP contribution in [-0.2, 0) is 4.74 Å². The van der Waals surface area contributed by atoms with E-state index in [-0.39, 0.29) is 11.8 Å². The highest BCUT2D eigenvalue weighted by Gasteiger charge is 2.22. The lowest BCUT2D eigenvalue weighted by molar-refractivity contribution is 0.102. The average Bonchev–Trinajstić information content (AvgIpc) is 3.45. The van der Waals surface area contributed by atoms with Gasteiger partial charge in [0.1, 0.15) is 0 Å². The van der Waals surface area contributed by atoms with Crippen LogP contribution in [0.5, 0.6) is 0 Å². The van der Waals surface area contributed by atoms with Crippen molar-refractivity contribution in [2.45, 2.75) is 19.8 Å². The zero-order valence-electron chi connectivity index (χ0n) is 18.0. The van der Waals surface area contributed by atoms with Gasteiger partial charge in [-0.05, 0) is 36.2 Å². The van der Waals surface area contributed by atoms with E-state index in [4.69, 9.17) is 9.72 Å². The molecule has 0 saturated carbocycles. The third-order valence-electron chi connectivity index (χ3n) is 5.38. The molecule has 164 valence electrons. The first kappa shape index (κ1) is 20.6. The quantitative estimate of drug-likeness (QED) is 0.495. The van der Waals surface area contributed by atoms with E-state index in [2.05, 4.69) is 20.3 Å². The van der Waals surface area contributed by atoms with Gasteiger partial charge in [0.25, 0.3) is 5.91 Å². The van der Waals surface area contributed by atoms with Gasteiger partial charge in [0, 0.05) is 25.0 Å². The molecule has 1 saturated heterocycles. The Morgan fingerprint density at radius 3 is 2.78 bits per heavy atom. The smallest absolute Gasteiger partial charge is 0.259 e. The largest absolute Gasteiger partial charge is 0.378 e. The summed E-state index contributed by atoms with van der Waals surface area (Å²) in [4.78, 5) is 24.5. The van der Waals surface area contributed by atoms with Crippen molar-refractivity contribution in [3.63, 3.8) is 0 Å².